The van der Waals surface area contributed by atoms with Gasteiger partial charge in [0.1, 0.15) is 18.2 Å². The van der Waals surface area contributed by atoms with Gasteiger partial charge in [0.05, 0.1) is 15.7 Å². The number of pyridine rings is 1. The molecule has 2 rings (SSSR count). The van der Waals surface area contributed by atoms with Gasteiger partial charge < -0.3 is 10.5 Å². The van der Waals surface area contributed by atoms with Crippen LogP contribution in [0.5, 0.6) is 5.75 Å². The lowest BCUT2D eigenvalue weighted by molar-refractivity contribution is 0.302. The number of anilines is 1. The van der Waals surface area contributed by atoms with E-state index in [-0.39, 0.29) is 6.61 Å². The van der Waals surface area contributed by atoms with Gasteiger partial charge >= 0.3 is 0 Å². The highest BCUT2D eigenvalue weighted by molar-refractivity contribution is 6.32. The van der Waals surface area contributed by atoms with Gasteiger partial charge in [-0.1, -0.05) is 35.3 Å². The molecule has 2 N–H and O–H groups in total. The van der Waals surface area contributed by atoms with E-state index >= 15 is 0 Å². The Labute approximate surface area is 109 Å². The van der Waals surface area contributed by atoms with Crippen LogP contribution in [-0.2, 0) is 6.61 Å². The lowest BCUT2D eigenvalue weighted by atomic mass is 10.3. The van der Waals surface area contributed by atoms with Crippen LogP contribution in [-0.4, -0.2) is 4.98 Å². The molecule has 0 radical (unpaired) electrons. The summed E-state index contributed by atoms with van der Waals surface area (Å²) in [7, 11) is 0. The van der Waals surface area contributed by atoms with Crippen LogP contribution in [0.1, 0.15) is 5.69 Å². The SMILES string of the molecule is Nc1ccc(Cl)c(COc2ccccc2Cl)n1. The molecule has 3 nitrogen and oxygen atoms in total. The minimum atomic E-state index is 0.230. The number of halogens is 2. The first kappa shape index (κ1) is 12.0. The minimum absolute atomic E-state index is 0.230. The maximum atomic E-state index is 5.97. The van der Waals surface area contributed by atoms with Gasteiger partial charge in [0.2, 0.25) is 0 Å². The van der Waals surface area contributed by atoms with Gasteiger partial charge in [-0.2, -0.15) is 0 Å². The number of hydrogen-bond acceptors (Lipinski definition) is 3. The fourth-order valence-corrected chi connectivity index (χ4v) is 1.66. The van der Waals surface area contributed by atoms with Crippen molar-refractivity contribution in [1.29, 1.82) is 0 Å². The Hall–Kier alpha value is -1.45. The number of nitrogens with two attached hydrogens (primary N) is 1. The molecule has 0 atom stereocenters. The summed E-state index contributed by atoms with van der Waals surface area (Å²) in [5.41, 5.74) is 6.16. The second kappa shape index (κ2) is 5.25. The summed E-state index contributed by atoms with van der Waals surface area (Å²) in [6.45, 7) is 0.230. The zero-order chi connectivity index (χ0) is 12.3. The lowest BCUT2D eigenvalue weighted by Crippen LogP contribution is -2.02. The van der Waals surface area contributed by atoms with Crippen LogP contribution in [0.15, 0.2) is 36.4 Å². The van der Waals surface area contributed by atoms with Crippen molar-refractivity contribution in [3.63, 3.8) is 0 Å². The fourth-order valence-electron chi connectivity index (χ4n) is 1.31. The number of aromatic nitrogens is 1. The first-order chi connectivity index (χ1) is 8.16. The zero-order valence-corrected chi connectivity index (χ0v) is 10.4. The highest BCUT2D eigenvalue weighted by atomic mass is 35.5. The Balaban J connectivity index is 2.12. The molecule has 88 valence electrons. The second-order valence-electron chi connectivity index (χ2n) is 3.38. The molecule has 2 aromatic rings. The summed E-state index contributed by atoms with van der Waals surface area (Å²) in [6.07, 6.45) is 0. The van der Waals surface area contributed by atoms with E-state index in [1.807, 2.05) is 12.1 Å². The van der Waals surface area contributed by atoms with E-state index in [1.54, 1.807) is 24.3 Å². The molecule has 1 heterocycles. The van der Waals surface area contributed by atoms with Gasteiger partial charge in [-0.15, -0.1) is 0 Å². The van der Waals surface area contributed by atoms with Crippen LogP contribution in [0.3, 0.4) is 0 Å². The number of rotatable bonds is 3. The summed E-state index contributed by atoms with van der Waals surface area (Å²) < 4.78 is 5.52. The Morgan fingerprint density at radius 1 is 1.06 bits per heavy atom. The Bertz CT molecular complexity index is 532. The van der Waals surface area contributed by atoms with Gasteiger partial charge in [0, 0.05) is 0 Å². The predicted octanol–water partition coefficient (Wildman–Crippen LogP) is 3.55. The van der Waals surface area contributed by atoms with E-state index < -0.39 is 0 Å². The third-order valence-corrected chi connectivity index (χ3v) is 2.80. The number of benzene rings is 1. The van der Waals surface area contributed by atoms with E-state index in [4.69, 9.17) is 33.7 Å². The van der Waals surface area contributed by atoms with Crippen molar-refractivity contribution in [2.45, 2.75) is 6.61 Å². The highest BCUT2D eigenvalue weighted by Crippen LogP contribution is 2.25. The van der Waals surface area contributed by atoms with Crippen molar-refractivity contribution in [3.05, 3.63) is 52.1 Å². The van der Waals surface area contributed by atoms with Crippen molar-refractivity contribution < 1.29 is 4.74 Å². The Morgan fingerprint density at radius 2 is 1.82 bits per heavy atom. The quantitative estimate of drug-likeness (QED) is 0.926. The summed E-state index contributed by atoms with van der Waals surface area (Å²) >= 11 is 11.9. The molecular weight excluding hydrogens is 259 g/mol. The highest BCUT2D eigenvalue weighted by Gasteiger charge is 2.05. The topological polar surface area (TPSA) is 48.1 Å². The predicted molar refractivity (Wildman–Crippen MR) is 69.4 cm³/mol. The molecule has 17 heavy (non-hydrogen) atoms. The summed E-state index contributed by atoms with van der Waals surface area (Å²) in [4.78, 5) is 4.10. The molecule has 0 aliphatic heterocycles. The largest absolute Gasteiger partial charge is 0.486 e. The Kier molecular flexibility index (Phi) is 3.71. The van der Waals surface area contributed by atoms with Gasteiger partial charge in [-0.3, -0.25) is 0 Å². The number of nitrogens with zero attached hydrogens (tertiary/aromatic N) is 1. The van der Waals surface area contributed by atoms with E-state index in [1.165, 1.54) is 0 Å². The molecule has 0 bridgehead atoms. The van der Waals surface area contributed by atoms with Crippen molar-refractivity contribution in [2.75, 3.05) is 5.73 Å². The average molecular weight is 269 g/mol. The maximum Gasteiger partial charge on any atom is 0.138 e. The molecule has 0 saturated carbocycles. The minimum Gasteiger partial charge on any atom is -0.486 e. The van der Waals surface area contributed by atoms with Crippen LogP contribution >= 0.6 is 23.2 Å². The third kappa shape index (κ3) is 3.02. The lowest BCUT2D eigenvalue weighted by Gasteiger charge is -2.08. The first-order valence-electron chi connectivity index (χ1n) is 4.95. The number of hydrogen-bond donors (Lipinski definition) is 1. The van der Waals surface area contributed by atoms with E-state index in [2.05, 4.69) is 4.98 Å². The van der Waals surface area contributed by atoms with Crippen molar-refractivity contribution in [2.24, 2.45) is 0 Å². The van der Waals surface area contributed by atoms with E-state index in [9.17, 15) is 0 Å². The molecule has 5 heteroatoms. The van der Waals surface area contributed by atoms with Crippen LogP contribution in [0.2, 0.25) is 10.0 Å². The Morgan fingerprint density at radius 3 is 2.59 bits per heavy atom. The van der Waals surface area contributed by atoms with E-state index in [0.29, 0.717) is 27.3 Å². The number of ether oxygens (including phenoxy) is 1. The van der Waals surface area contributed by atoms with Gasteiger partial charge in [-0.25, -0.2) is 4.98 Å². The number of para-hydroxylation sites is 1. The van der Waals surface area contributed by atoms with Gasteiger partial charge in [0.15, 0.2) is 0 Å². The van der Waals surface area contributed by atoms with Crippen molar-refractivity contribution >= 4 is 29.0 Å². The zero-order valence-electron chi connectivity index (χ0n) is 8.86. The van der Waals surface area contributed by atoms with Gasteiger partial charge in [0.25, 0.3) is 0 Å². The monoisotopic (exact) mass is 268 g/mol. The standard InChI is InChI=1S/C12H10Cl2N2O/c13-8-5-6-12(15)16-10(8)7-17-11-4-2-1-3-9(11)14/h1-6H,7H2,(H2,15,16). The molecule has 0 amide bonds. The van der Waals surface area contributed by atoms with Crippen LogP contribution in [0, 0.1) is 0 Å². The van der Waals surface area contributed by atoms with Crippen molar-refractivity contribution in [1.82, 2.24) is 4.98 Å². The van der Waals surface area contributed by atoms with E-state index in [0.717, 1.165) is 0 Å². The molecule has 0 aliphatic carbocycles. The summed E-state index contributed by atoms with van der Waals surface area (Å²) in [6, 6.07) is 10.5. The third-order valence-electron chi connectivity index (χ3n) is 2.14. The summed E-state index contributed by atoms with van der Waals surface area (Å²) in [5, 5.41) is 1.07. The van der Waals surface area contributed by atoms with Crippen molar-refractivity contribution in [3.8, 4) is 5.75 Å². The molecule has 0 aliphatic rings. The summed E-state index contributed by atoms with van der Waals surface area (Å²) in [5.74, 6) is 1.00. The fraction of sp³-hybridized carbons (Fsp3) is 0.0833. The normalized spacial score (nSPS) is 10.2. The maximum absolute atomic E-state index is 5.97. The molecule has 0 unspecified atom stereocenters. The first-order valence-corrected chi connectivity index (χ1v) is 5.70. The molecule has 0 fully saturated rings. The van der Waals surface area contributed by atoms with Crippen LogP contribution in [0.25, 0.3) is 0 Å². The van der Waals surface area contributed by atoms with Crippen LogP contribution < -0.4 is 10.5 Å². The number of nitrogen functional groups attached to an aromatic ring is 1. The molecular formula is C12H10Cl2N2O. The molecule has 0 saturated heterocycles. The molecule has 0 spiro atoms. The molecule has 1 aromatic heterocycles. The van der Waals surface area contributed by atoms with Crippen LogP contribution in [0.4, 0.5) is 5.82 Å². The molecule has 1 aromatic carbocycles. The smallest absolute Gasteiger partial charge is 0.138 e. The average Bonchev–Trinajstić information content (AvgIpc) is 2.32. The van der Waals surface area contributed by atoms with Gasteiger partial charge in [-0.05, 0) is 24.3 Å². The second-order valence-corrected chi connectivity index (χ2v) is 4.20.